The molecule has 0 aromatic rings. The van der Waals surface area contributed by atoms with Gasteiger partial charge in [-0.15, -0.1) is 6.42 Å². The summed E-state index contributed by atoms with van der Waals surface area (Å²) in [7, 11) is -8.42. The van der Waals surface area contributed by atoms with Crippen molar-refractivity contribution in [3.63, 3.8) is 0 Å². The highest BCUT2D eigenvalue weighted by Gasteiger charge is 2.45. The number of rotatable bonds is 12. The number of unbranched alkanes of at least 4 members (excludes halogenated alkanes) is 2. The van der Waals surface area contributed by atoms with Gasteiger partial charge in [0.2, 0.25) is 0 Å². The molecule has 0 bridgehead atoms. The second-order valence-corrected chi connectivity index (χ2v) is 24.0. The lowest BCUT2D eigenvalue weighted by Gasteiger charge is -2.40. The van der Waals surface area contributed by atoms with Crippen molar-refractivity contribution < 1.29 is 12.3 Å². The Hall–Kier alpha value is 0.308. The van der Waals surface area contributed by atoms with E-state index in [1.54, 1.807) is 0 Å². The molecule has 0 aliphatic carbocycles. The van der Waals surface area contributed by atoms with Crippen LogP contribution in [0, 0.1) is 12.0 Å². The van der Waals surface area contributed by atoms with Crippen molar-refractivity contribution in [2.75, 3.05) is 0 Å². The van der Waals surface area contributed by atoms with Gasteiger partial charge in [-0.1, -0.05) is 45.1 Å². The van der Waals surface area contributed by atoms with Gasteiger partial charge in [0.1, 0.15) is 0 Å². The Bertz CT molecular complexity index is 419. The van der Waals surface area contributed by atoms with Crippen LogP contribution in [-0.2, 0) is 12.3 Å². The molecule has 0 rings (SSSR count). The molecule has 1 unspecified atom stereocenters. The Kier molecular flexibility index (Phi) is 9.98. The fraction of sp³-hybridized carbons (Fsp3) is 0.882. The zero-order chi connectivity index (χ0) is 19.1. The van der Waals surface area contributed by atoms with Crippen molar-refractivity contribution in [3.05, 3.63) is 0 Å². The fourth-order valence-corrected chi connectivity index (χ4v) is 21.1. The second-order valence-electron chi connectivity index (χ2n) is 8.52. The lowest BCUT2D eigenvalue weighted by Crippen LogP contribution is -2.57. The van der Waals surface area contributed by atoms with Crippen LogP contribution in [0.15, 0.2) is 0 Å². The van der Waals surface area contributed by atoms with E-state index in [1.807, 2.05) is 6.55 Å². The quantitative estimate of drug-likeness (QED) is 0.295. The van der Waals surface area contributed by atoms with Gasteiger partial charge in [0.15, 0.2) is 16.6 Å². The SMILES string of the molecule is C#C[Si](C)(O[Si](C)(C)CCCC)O[Si](C)(C)O[Si](C)(C)CCCC. The summed E-state index contributed by atoms with van der Waals surface area (Å²) in [6.45, 7) is 19.8. The normalized spacial score (nSPS) is 15.8. The van der Waals surface area contributed by atoms with Crippen molar-refractivity contribution >= 4 is 33.8 Å². The lowest BCUT2D eigenvalue weighted by atomic mass is 10.4. The zero-order valence-electron chi connectivity index (χ0n) is 17.5. The minimum atomic E-state index is -2.63. The predicted octanol–water partition coefficient (Wildman–Crippen LogP) is 5.99. The predicted molar refractivity (Wildman–Crippen MR) is 116 cm³/mol. The average Bonchev–Trinajstić information content (AvgIpc) is 2.40. The smallest absolute Gasteiger partial charge is 0.401 e. The molecule has 0 aliphatic heterocycles. The fourth-order valence-electron chi connectivity index (χ4n) is 3.07. The van der Waals surface area contributed by atoms with Crippen molar-refractivity contribution in [1.82, 2.24) is 0 Å². The Labute approximate surface area is 155 Å². The molecule has 0 N–H and O–H groups in total. The molecule has 0 amide bonds. The molecule has 3 nitrogen and oxygen atoms in total. The molecule has 0 fully saturated rings. The minimum absolute atomic E-state index is 1.14. The number of hydrogen-bond acceptors (Lipinski definition) is 3. The van der Waals surface area contributed by atoms with Crippen LogP contribution in [0.2, 0.25) is 57.9 Å². The van der Waals surface area contributed by atoms with Crippen LogP contribution in [0.1, 0.15) is 39.5 Å². The summed E-state index contributed by atoms with van der Waals surface area (Å²) in [5, 5.41) is 0. The first-order valence-electron chi connectivity index (χ1n) is 9.38. The molecule has 0 aliphatic rings. The Morgan fingerprint density at radius 3 is 1.50 bits per heavy atom. The molecule has 0 spiro atoms. The number of hydrogen-bond donors (Lipinski definition) is 0. The maximum Gasteiger partial charge on any atom is 0.401 e. The van der Waals surface area contributed by atoms with E-state index in [1.165, 1.54) is 31.7 Å². The van der Waals surface area contributed by atoms with Crippen LogP contribution in [0.5, 0.6) is 0 Å². The highest BCUT2D eigenvalue weighted by molar-refractivity contribution is 6.92. The molecule has 7 heteroatoms. The van der Waals surface area contributed by atoms with Crippen LogP contribution >= 0.6 is 0 Å². The zero-order valence-corrected chi connectivity index (χ0v) is 21.5. The molecule has 0 aromatic carbocycles. The summed E-state index contributed by atoms with van der Waals surface area (Å²) in [5.74, 6) is 0. The summed E-state index contributed by atoms with van der Waals surface area (Å²) < 4.78 is 19.5. The molecule has 0 aromatic heterocycles. The lowest BCUT2D eigenvalue weighted by molar-refractivity contribution is 0.334. The summed E-state index contributed by atoms with van der Waals surface area (Å²) in [6.07, 6.45) is 10.7. The van der Waals surface area contributed by atoms with E-state index >= 15 is 0 Å². The summed E-state index contributed by atoms with van der Waals surface area (Å²) in [4.78, 5) is 0. The van der Waals surface area contributed by atoms with E-state index in [9.17, 15) is 0 Å². The topological polar surface area (TPSA) is 27.7 Å². The van der Waals surface area contributed by atoms with E-state index < -0.39 is 33.8 Å². The van der Waals surface area contributed by atoms with Gasteiger partial charge in [0.25, 0.3) is 0 Å². The third-order valence-corrected chi connectivity index (χ3v) is 19.1. The second kappa shape index (κ2) is 9.85. The van der Waals surface area contributed by atoms with Crippen molar-refractivity contribution in [3.8, 4) is 12.0 Å². The molecular weight excluding hydrogens is 365 g/mol. The van der Waals surface area contributed by atoms with Crippen molar-refractivity contribution in [2.45, 2.75) is 97.4 Å². The summed E-state index contributed by atoms with van der Waals surface area (Å²) in [6, 6.07) is 2.31. The first-order valence-corrected chi connectivity index (χ1v) is 20.7. The maximum atomic E-state index is 6.55. The van der Waals surface area contributed by atoms with Crippen LogP contribution in [0.3, 0.4) is 0 Å². The van der Waals surface area contributed by atoms with Crippen LogP contribution in [-0.4, -0.2) is 33.8 Å². The van der Waals surface area contributed by atoms with Gasteiger partial charge in [0, 0.05) is 0 Å². The van der Waals surface area contributed by atoms with Gasteiger partial charge in [0.05, 0.1) is 0 Å². The highest BCUT2D eigenvalue weighted by Crippen LogP contribution is 2.27. The van der Waals surface area contributed by atoms with Crippen LogP contribution in [0.25, 0.3) is 0 Å². The van der Waals surface area contributed by atoms with E-state index in [4.69, 9.17) is 18.8 Å². The number of terminal acetylenes is 1. The van der Waals surface area contributed by atoms with Gasteiger partial charge in [-0.3, -0.25) is 0 Å². The van der Waals surface area contributed by atoms with Gasteiger partial charge >= 0.3 is 17.1 Å². The molecule has 0 saturated heterocycles. The Morgan fingerprint density at radius 2 is 1.12 bits per heavy atom. The molecule has 0 saturated carbocycles. The van der Waals surface area contributed by atoms with Crippen molar-refractivity contribution in [1.29, 1.82) is 0 Å². The molecular formula is C17H40O3Si4. The third kappa shape index (κ3) is 10.3. The van der Waals surface area contributed by atoms with Gasteiger partial charge in [-0.05, 0) is 57.9 Å². The van der Waals surface area contributed by atoms with Gasteiger partial charge in [-0.25, -0.2) is 0 Å². The monoisotopic (exact) mass is 404 g/mol. The largest absolute Gasteiger partial charge is 0.436 e. The molecule has 24 heavy (non-hydrogen) atoms. The summed E-state index contributed by atoms with van der Waals surface area (Å²) >= 11 is 0. The highest BCUT2D eigenvalue weighted by atomic mass is 28.5. The summed E-state index contributed by atoms with van der Waals surface area (Å²) in [5.41, 5.74) is 2.90. The molecule has 0 radical (unpaired) electrons. The first-order chi connectivity index (χ1) is 10.8. The van der Waals surface area contributed by atoms with Crippen molar-refractivity contribution in [2.24, 2.45) is 0 Å². The van der Waals surface area contributed by atoms with Crippen LogP contribution < -0.4 is 0 Å². The van der Waals surface area contributed by atoms with Crippen LogP contribution in [0.4, 0.5) is 0 Å². The van der Waals surface area contributed by atoms with E-state index in [0.717, 1.165) is 6.04 Å². The minimum Gasteiger partial charge on any atom is -0.436 e. The molecule has 0 heterocycles. The Balaban J connectivity index is 4.97. The van der Waals surface area contributed by atoms with Gasteiger partial charge < -0.3 is 12.3 Å². The maximum absolute atomic E-state index is 6.55. The standard InChI is InChI=1S/C17H40O3Si4/c1-11-14-16-21(4,5)18-23(8,9)20-24(10,13-3)19-22(6,7)17-15-12-2/h3H,11-12,14-17H2,1-2,4-10H3. The average molecular weight is 405 g/mol. The van der Waals surface area contributed by atoms with Gasteiger partial charge in [-0.2, -0.15) is 0 Å². The van der Waals surface area contributed by atoms with E-state index in [-0.39, 0.29) is 0 Å². The molecule has 1 atom stereocenters. The molecule has 142 valence electrons. The first kappa shape index (κ1) is 24.3. The van der Waals surface area contributed by atoms with E-state index in [0.29, 0.717) is 0 Å². The third-order valence-electron chi connectivity index (χ3n) is 3.96. The van der Waals surface area contributed by atoms with E-state index in [2.05, 4.69) is 58.7 Å². The Morgan fingerprint density at radius 1 is 0.708 bits per heavy atom.